The van der Waals surface area contributed by atoms with Crippen LogP contribution in [-0.2, 0) is 0 Å². The van der Waals surface area contributed by atoms with Crippen molar-refractivity contribution in [1.82, 2.24) is 5.32 Å². The molecular formula is C13H21NO2. The van der Waals surface area contributed by atoms with Crippen LogP contribution in [0.1, 0.15) is 31.9 Å². The van der Waals surface area contributed by atoms with Crippen LogP contribution in [0.4, 0.5) is 0 Å². The second-order valence-electron chi connectivity index (χ2n) is 3.95. The summed E-state index contributed by atoms with van der Waals surface area (Å²) >= 11 is 0. The number of aliphatic hydroxyl groups is 1. The number of rotatable bonds is 6. The minimum atomic E-state index is 0.154. The Hall–Kier alpha value is -1.06. The van der Waals surface area contributed by atoms with Gasteiger partial charge in [-0.15, -0.1) is 0 Å². The Balaban J connectivity index is 2.67. The number of aliphatic hydroxyl groups excluding tert-OH is 1. The Kier molecular flexibility index (Phi) is 5.29. The molecule has 0 heterocycles. The van der Waals surface area contributed by atoms with Crippen molar-refractivity contribution >= 4 is 0 Å². The lowest BCUT2D eigenvalue weighted by molar-refractivity contribution is 0.230. The maximum atomic E-state index is 9.14. The van der Waals surface area contributed by atoms with Gasteiger partial charge in [0.15, 0.2) is 0 Å². The summed E-state index contributed by atoms with van der Waals surface area (Å²) in [6.45, 7) is 4.32. The maximum absolute atomic E-state index is 9.14. The Labute approximate surface area is 97.4 Å². The highest BCUT2D eigenvalue weighted by Gasteiger charge is 2.11. The number of benzene rings is 1. The van der Waals surface area contributed by atoms with Gasteiger partial charge in [-0.2, -0.15) is 0 Å². The zero-order chi connectivity index (χ0) is 12.0. The van der Waals surface area contributed by atoms with E-state index in [0.29, 0.717) is 0 Å². The van der Waals surface area contributed by atoms with Gasteiger partial charge in [0.25, 0.3) is 0 Å². The van der Waals surface area contributed by atoms with Crippen LogP contribution in [-0.4, -0.2) is 24.9 Å². The van der Waals surface area contributed by atoms with Gasteiger partial charge in [0.1, 0.15) is 5.75 Å². The van der Waals surface area contributed by atoms with Crippen molar-refractivity contribution in [3.8, 4) is 5.75 Å². The van der Waals surface area contributed by atoms with Crippen LogP contribution in [0.25, 0.3) is 0 Å². The molecule has 1 unspecified atom stereocenters. The smallest absolute Gasteiger partial charge is 0.119 e. The molecule has 0 amide bonds. The largest absolute Gasteiger partial charge is 0.497 e. The van der Waals surface area contributed by atoms with Crippen LogP contribution in [0.3, 0.4) is 0 Å². The molecule has 0 aliphatic carbocycles. The first-order valence-corrected chi connectivity index (χ1v) is 5.72. The summed E-state index contributed by atoms with van der Waals surface area (Å²) in [5, 5.41) is 12.5. The summed E-state index contributed by atoms with van der Waals surface area (Å²) in [5.41, 5.74) is 1.17. The Morgan fingerprint density at radius 3 is 2.75 bits per heavy atom. The van der Waals surface area contributed by atoms with E-state index in [9.17, 15) is 0 Å². The van der Waals surface area contributed by atoms with E-state index in [-0.39, 0.29) is 18.7 Å². The molecule has 0 saturated heterocycles. The van der Waals surface area contributed by atoms with Gasteiger partial charge >= 0.3 is 0 Å². The summed E-state index contributed by atoms with van der Waals surface area (Å²) in [7, 11) is 1.67. The molecule has 0 saturated carbocycles. The molecule has 0 fully saturated rings. The lowest BCUT2D eigenvalue weighted by Gasteiger charge is -2.21. The molecule has 2 N–H and O–H groups in total. The number of hydrogen-bond donors (Lipinski definition) is 2. The van der Waals surface area contributed by atoms with E-state index in [0.717, 1.165) is 12.2 Å². The SMILES string of the molecule is CC[C@@H](CO)NC(C)c1cccc(OC)c1. The average Bonchev–Trinajstić information content (AvgIpc) is 2.35. The van der Waals surface area contributed by atoms with Gasteiger partial charge in [0, 0.05) is 12.1 Å². The fraction of sp³-hybridized carbons (Fsp3) is 0.538. The molecule has 3 nitrogen and oxygen atoms in total. The van der Waals surface area contributed by atoms with Gasteiger partial charge in [-0.25, -0.2) is 0 Å². The summed E-state index contributed by atoms with van der Waals surface area (Å²) < 4.78 is 5.19. The van der Waals surface area contributed by atoms with E-state index in [1.165, 1.54) is 5.56 Å². The normalized spacial score (nSPS) is 14.5. The van der Waals surface area contributed by atoms with Crippen LogP contribution in [0.5, 0.6) is 5.75 Å². The average molecular weight is 223 g/mol. The molecule has 90 valence electrons. The summed E-state index contributed by atoms with van der Waals surface area (Å²) in [6, 6.07) is 8.35. The molecule has 0 aliphatic rings. The van der Waals surface area contributed by atoms with E-state index in [1.807, 2.05) is 18.2 Å². The first-order chi connectivity index (χ1) is 7.71. The van der Waals surface area contributed by atoms with Gasteiger partial charge in [-0.3, -0.25) is 0 Å². The van der Waals surface area contributed by atoms with Crippen LogP contribution in [0.15, 0.2) is 24.3 Å². The third-order valence-corrected chi connectivity index (χ3v) is 2.79. The zero-order valence-corrected chi connectivity index (χ0v) is 10.2. The van der Waals surface area contributed by atoms with Crippen LogP contribution < -0.4 is 10.1 Å². The molecule has 16 heavy (non-hydrogen) atoms. The van der Waals surface area contributed by atoms with E-state index < -0.39 is 0 Å². The second kappa shape index (κ2) is 6.51. The van der Waals surface area contributed by atoms with Crippen molar-refractivity contribution < 1.29 is 9.84 Å². The van der Waals surface area contributed by atoms with Crippen molar-refractivity contribution in [3.05, 3.63) is 29.8 Å². The Morgan fingerprint density at radius 1 is 1.44 bits per heavy atom. The highest BCUT2D eigenvalue weighted by molar-refractivity contribution is 5.30. The van der Waals surface area contributed by atoms with Gasteiger partial charge in [-0.1, -0.05) is 19.1 Å². The molecule has 0 spiro atoms. The first kappa shape index (κ1) is 13.0. The van der Waals surface area contributed by atoms with Crippen molar-refractivity contribution in [2.75, 3.05) is 13.7 Å². The monoisotopic (exact) mass is 223 g/mol. The third kappa shape index (κ3) is 3.51. The van der Waals surface area contributed by atoms with Gasteiger partial charge in [0.2, 0.25) is 0 Å². The van der Waals surface area contributed by atoms with E-state index >= 15 is 0 Å². The van der Waals surface area contributed by atoms with E-state index in [1.54, 1.807) is 7.11 Å². The molecule has 3 heteroatoms. The highest BCUT2D eigenvalue weighted by Crippen LogP contribution is 2.19. The van der Waals surface area contributed by atoms with Gasteiger partial charge < -0.3 is 15.2 Å². The van der Waals surface area contributed by atoms with E-state index in [2.05, 4.69) is 25.2 Å². The van der Waals surface area contributed by atoms with Crippen molar-refractivity contribution in [2.24, 2.45) is 0 Å². The summed E-state index contributed by atoms with van der Waals surface area (Å²) in [4.78, 5) is 0. The minimum absolute atomic E-state index is 0.154. The summed E-state index contributed by atoms with van der Waals surface area (Å²) in [5.74, 6) is 0.864. The third-order valence-electron chi connectivity index (χ3n) is 2.79. The lowest BCUT2D eigenvalue weighted by Crippen LogP contribution is -2.33. The number of methoxy groups -OCH3 is 1. The molecule has 0 aliphatic heterocycles. The maximum Gasteiger partial charge on any atom is 0.119 e. The molecule has 1 rings (SSSR count). The predicted molar refractivity (Wildman–Crippen MR) is 65.7 cm³/mol. The fourth-order valence-corrected chi connectivity index (χ4v) is 1.66. The topological polar surface area (TPSA) is 41.5 Å². The van der Waals surface area contributed by atoms with Crippen LogP contribution in [0.2, 0.25) is 0 Å². The molecule has 0 aromatic heterocycles. The van der Waals surface area contributed by atoms with Gasteiger partial charge in [-0.05, 0) is 31.0 Å². The molecule has 0 bridgehead atoms. The first-order valence-electron chi connectivity index (χ1n) is 5.72. The van der Waals surface area contributed by atoms with Crippen LogP contribution >= 0.6 is 0 Å². The molecule has 2 atom stereocenters. The highest BCUT2D eigenvalue weighted by atomic mass is 16.5. The van der Waals surface area contributed by atoms with Crippen LogP contribution in [0, 0.1) is 0 Å². The predicted octanol–water partition coefficient (Wildman–Crippen LogP) is 2.12. The number of hydrogen-bond acceptors (Lipinski definition) is 3. The van der Waals surface area contributed by atoms with Crippen molar-refractivity contribution in [1.29, 1.82) is 0 Å². The molecule has 1 aromatic rings. The quantitative estimate of drug-likeness (QED) is 0.776. The number of nitrogens with one attached hydrogen (secondary N) is 1. The zero-order valence-electron chi connectivity index (χ0n) is 10.2. The standard InChI is InChI=1S/C13H21NO2/c1-4-12(9-15)14-10(2)11-6-5-7-13(8-11)16-3/h5-8,10,12,14-15H,4,9H2,1-3H3/t10?,12-/m0/s1. The van der Waals surface area contributed by atoms with Gasteiger partial charge in [0.05, 0.1) is 13.7 Å². The Bertz CT molecular complexity index is 311. The van der Waals surface area contributed by atoms with E-state index in [4.69, 9.17) is 9.84 Å². The van der Waals surface area contributed by atoms with Crippen molar-refractivity contribution in [3.63, 3.8) is 0 Å². The fourth-order valence-electron chi connectivity index (χ4n) is 1.66. The molecule has 0 radical (unpaired) electrons. The second-order valence-corrected chi connectivity index (χ2v) is 3.95. The lowest BCUT2D eigenvalue weighted by atomic mass is 10.1. The van der Waals surface area contributed by atoms with Crippen molar-refractivity contribution in [2.45, 2.75) is 32.4 Å². The molecular weight excluding hydrogens is 202 g/mol. The molecule has 1 aromatic carbocycles. The minimum Gasteiger partial charge on any atom is -0.497 e. The Morgan fingerprint density at radius 2 is 2.19 bits per heavy atom. The number of ether oxygens (including phenoxy) is 1. The summed E-state index contributed by atoms with van der Waals surface area (Å²) in [6.07, 6.45) is 0.921.